The van der Waals surface area contributed by atoms with Crippen LogP contribution in [-0.4, -0.2) is 22.8 Å². The summed E-state index contributed by atoms with van der Waals surface area (Å²) in [5, 5.41) is 3.40. The fraction of sp³-hybridized carbons (Fsp3) is 0.438. The Hall–Kier alpha value is -2.17. The zero-order valence-electron chi connectivity index (χ0n) is 12.3. The fourth-order valence-electron chi connectivity index (χ4n) is 2.41. The number of fused-ring (bicyclic) bond motifs is 1. The number of anilines is 1. The van der Waals surface area contributed by atoms with Gasteiger partial charge in [0.05, 0.1) is 19.8 Å². The molecule has 0 unspecified atom stereocenters. The predicted molar refractivity (Wildman–Crippen MR) is 81.9 cm³/mol. The van der Waals surface area contributed by atoms with Gasteiger partial charge >= 0.3 is 0 Å². The number of imidazole rings is 1. The third-order valence-electron chi connectivity index (χ3n) is 3.46. The highest BCUT2D eigenvalue weighted by atomic mass is 16.5. The quantitative estimate of drug-likeness (QED) is 0.918. The Morgan fingerprint density at radius 2 is 2.10 bits per heavy atom. The lowest BCUT2D eigenvalue weighted by atomic mass is 10.2. The van der Waals surface area contributed by atoms with Gasteiger partial charge in [0.1, 0.15) is 5.82 Å². The monoisotopic (exact) mass is 287 g/mol. The topological polar surface area (TPSA) is 48.3 Å². The highest BCUT2D eigenvalue weighted by molar-refractivity contribution is 5.55. The molecule has 0 bridgehead atoms. The van der Waals surface area contributed by atoms with Gasteiger partial charge in [-0.1, -0.05) is 6.92 Å². The number of aryl methyl sites for hydroxylation is 1. The van der Waals surface area contributed by atoms with Crippen molar-refractivity contribution in [1.29, 1.82) is 0 Å². The van der Waals surface area contributed by atoms with Crippen LogP contribution < -0.4 is 14.8 Å². The van der Waals surface area contributed by atoms with E-state index in [0.29, 0.717) is 19.8 Å². The molecule has 2 heterocycles. The van der Waals surface area contributed by atoms with Crippen molar-refractivity contribution in [2.24, 2.45) is 0 Å². The molecule has 5 nitrogen and oxygen atoms in total. The fourth-order valence-corrected chi connectivity index (χ4v) is 2.41. The lowest BCUT2D eigenvalue weighted by Gasteiger charge is -2.12. The molecule has 1 N–H and O–H groups in total. The molecule has 5 heteroatoms. The Balaban J connectivity index is 1.67. The molecule has 112 valence electrons. The summed E-state index contributed by atoms with van der Waals surface area (Å²) >= 11 is 0. The maximum Gasteiger partial charge on any atom is 0.163 e. The SMILES string of the molecule is CCCn1ccnc1CNc1ccc2c(c1)OCCCO2. The maximum absolute atomic E-state index is 5.70. The molecule has 0 radical (unpaired) electrons. The van der Waals surface area contributed by atoms with Gasteiger partial charge in [0.15, 0.2) is 11.5 Å². The number of rotatable bonds is 5. The largest absolute Gasteiger partial charge is 0.490 e. The number of nitrogens with zero attached hydrogens (tertiary/aromatic N) is 2. The second kappa shape index (κ2) is 6.52. The van der Waals surface area contributed by atoms with Crippen molar-refractivity contribution < 1.29 is 9.47 Å². The third kappa shape index (κ3) is 3.29. The Kier molecular flexibility index (Phi) is 4.28. The maximum atomic E-state index is 5.70. The number of ether oxygens (including phenoxy) is 2. The lowest BCUT2D eigenvalue weighted by Crippen LogP contribution is -2.08. The van der Waals surface area contributed by atoms with Gasteiger partial charge in [-0.15, -0.1) is 0 Å². The second-order valence-corrected chi connectivity index (χ2v) is 5.10. The van der Waals surface area contributed by atoms with Crippen molar-refractivity contribution in [3.8, 4) is 11.5 Å². The molecule has 0 aliphatic carbocycles. The van der Waals surface area contributed by atoms with Crippen LogP contribution in [0.25, 0.3) is 0 Å². The first-order valence-corrected chi connectivity index (χ1v) is 7.50. The number of hydrogen-bond donors (Lipinski definition) is 1. The molecule has 1 aliphatic heterocycles. The number of hydrogen-bond acceptors (Lipinski definition) is 4. The minimum absolute atomic E-state index is 0.701. The lowest BCUT2D eigenvalue weighted by molar-refractivity contribution is 0.297. The van der Waals surface area contributed by atoms with E-state index in [2.05, 4.69) is 21.8 Å². The molecule has 0 spiro atoms. The van der Waals surface area contributed by atoms with E-state index in [1.807, 2.05) is 30.6 Å². The molecule has 0 amide bonds. The Bertz CT molecular complexity index is 595. The minimum Gasteiger partial charge on any atom is -0.490 e. The van der Waals surface area contributed by atoms with Gasteiger partial charge in [-0.05, 0) is 18.6 Å². The molecule has 0 atom stereocenters. The molecule has 1 aliphatic rings. The molecular formula is C16H21N3O2. The molecule has 1 aromatic carbocycles. The van der Waals surface area contributed by atoms with E-state index in [-0.39, 0.29) is 0 Å². The van der Waals surface area contributed by atoms with Crippen molar-refractivity contribution in [2.75, 3.05) is 18.5 Å². The summed E-state index contributed by atoms with van der Waals surface area (Å²) in [4.78, 5) is 4.40. The van der Waals surface area contributed by atoms with Gasteiger partial charge < -0.3 is 19.4 Å². The Morgan fingerprint density at radius 3 is 2.95 bits per heavy atom. The van der Waals surface area contributed by atoms with Crippen LogP contribution >= 0.6 is 0 Å². The summed E-state index contributed by atoms with van der Waals surface area (Å²) < 4.78 is 13.5. The molecule has 0 fully saturated rings. The number of benzene rings is 1. The zero-order chi connectivity index (χ0) is 14.5. The molecule has 1 aromatic heterocycles. The highest BCUT2D eigenvalue weighted by Crippen LogP contribution is 2.32. The summed E-state index contributed by atoms with van der Waals surface area (Å²) in [6.07, 6.45) is 5.90. The van der Waals surface area contributed by atoms with Crippen LogP contribution in [0.1, 0.15) is 25.6 Å². The van der Waals surface area contributed by atoms with Crippen LogP contribution in [0, 0.1) is 0 Å². The zero-order valence-corrected chi connectivity index (χ0v) is 12.3. The summed E-state index contributed by atoms with van der Waals surface area (Å²) in [5.74, 6) is 2.68. The molecule has 21 heavy (non-hydrogen) atoms. The molecular weight excluding hydrogens is 266 g/mol. The molecule has 0 saturated heterocycles. The van der Waals surface area contributed by atoms with E-state index >= 15 is 0 Å². The van der Waals surface area contributed by atoms with Gasteiger partial charge in [-0.25, -0.2) is 4.98 Å². The average molecular weight is 287 g/mol. The van der Waals surface area contributed by atoms with E-state index in [9.17, 15) is 0 Å². The number of nitrogens with one attached hydrogen (secondary N) is 1. The van der Waals surface area contributed by atoms with Gasteiger partial charge in [0.2, 0.25) is 0 Å². The highest BCUT2D eigenvalue weighted by Gasteiger charge is 2.11. The predicted octanol–water partition coefficient (Wildman–Crippen LogP) is 3.07. The van der Waals surface area contributed by atoms with Crippen LogP contribution in [0.3, 0.4) is 0 Å². The van der Waals surface area contributed by atoms with Gasteiger partial charge in [-0.2, -0.15) is 0 Å². The van der Waals surface area contributed by atoms with Crippen LogP contribution in [0.15, 0.2) is 30.6 Å². The second-order valence-electron chi connectivity index (χ2n) is 5.10. The van der Waals surface area contributed by atoms with E-state index < -0.39 is 0 Å². The van der Waals surface area contributed by atoms with Crippen LogP contribution in [-0.2, 0) is 13.1 Å². The minimum atomic E-state index is 0.701. The molecule has 0 saturated carbocycles. The van der Waals surface area contributed by atoms with Crippen molar-refractivity contribution in [2.45, 2.75) is 32.9 Å². The van der Waals surface area contributed by atoms with Crippen molar-refractivity contribution >= 4 is 5.69 Å². The van der Waals surface area contributed by atoms with E-state index in [1.54, 1.807) is 0 Å². The van der Waals surface area contributed by atoms with Crippen molar-refractivity contribution in [3.05, 3.63) is 36.4 Å². The standard InChI is InChI=1S/C16H21N3O2/c1-2-7-19-8-6-17-16(19)12-18-13-4-5-14-15(11-13)21-10-3-9-20-14/h4-6,8,11,18H,2-3,7,9-10,12H2,1H3. The number of aromatic nitrogens is 2. The Morgan fingerprint density at radius 1 is 1.24 bits per heavy atom. The summed E-state index contributed by atoms with van der Waals surface area (Å²) in [5.41, 5.74) is 1.02. The summed E-state index contributed by atoms with van der Waals surface area (Å²) in [6.45, 7) is 5.29. The van der Waals surface area contributed by atoms with E-state index in [4.69, 9.17) is 9.47 Å². The third-order valence-corrected chi connectivity index (χ3v) is 3.46. The average Bonchev–Trinajstić information content (AvgIpc) is 2.81. The first-order valence-electron chi connectivity index (χ1n) is 7.50. The Labute approximate surface area is 124 Å². The summed E-state index contributed by atoms with van der Waals surface area (Å²) in [7, 11) is 0. The first-order chi connectivity index (χ1) is 10.4. The van der Waals surface area contributed by atoms with Crippen LogP contribution in [0.4, 0.5) is 5.69 Å². The van der Waals surface area contributed by atoms with Gasteiger partial charge in [0, 0.05) is 37.1 Å². The molecule has 3 rings (SSSR count). The first kappa shape index (κ1) is 13.8. The summed E-state index contributed by atoms with van der Waals surface area (Å²) in [6, 6.07) is 5.97. The van der Waals surface area contributed by atoms with Crippen LogP contribution in [0.2, 0.25) is 0 Å². The van der Waals surface area contributed by atoms with E-state index in [0.717, 1.165) is 42.4 Å². The van der Waals surface area contributed by atoms with Crippen molar-refractivity contribution in [3.63, 3.8) is 0 Å². The van der Waals surface area contributed by atoms with Crippen molar-refractivity contribution in [1.82, 2.24) is 9.55 Å². The van der Waals surface area contributed by atoms with Crippen LogP contribution in [0.5, 0.6) is 11.5 Å². The van der Waals surface area contributed by atoms with E-state index in [1.165, 1.54) is 0 Å². The van der Waals surface area contributed by atoms with Gasteiger partial charge in [0.25, 0.3) is 0 Å². The molecule has 2 aromatic rings. The normalized spacial score (nSPS) is 13.8. The van der Waals surface area contributed by atoms with Gasteiger partial charge in [-0.3, -0.25) is 0 Å². The smallest absolute Gasteiger partial charge is 0.163 e.